The van der Waals surface area contributed by atoms with Crippen molar-refractivity contribution in [3.63, 3.8) is 0 Å². The van der Waals surface area contributed by atoms with E-state index in [1.807, 2.05) is 21.7 Å². The minimum absolute atomic E-state index is 0.0155. The fraction of sp³-hybridized carbons (Fsp3) is 0.350. The maximum atomic E-state index is 13.2. The van der Waals surface area contributed by atoms with Crippen molar-refractivity contribution in [1.82, 2.24) is 19.3 Å². The molecule has 1 aliphatic rings. The Kier molecular flexibility index (Phi) is 3.99. The molecule has 2 aromatic heterocycles. The Morgan fingerprint density at radius 2 is 1.88 bits per heavy atom. The van der Waals surface area contributed by atoms with E-state index >= 15 is 0 Å². The number of rotatable bonds is 3. The lowest BCUT2D eigenvalue weighted by Crippen LogP contribution is -2.37. The smallest absolute Gasteiger partial charge is 0.276 e. The molecular weight excluding hydrogens is 312 g/mol. The average Bonchev–Trinajstić information content (AvgIpc) is 3.28. The lowest BCUT2D eigenvalue weighted by atomic mass is 9.90. The third-order valence-electron chi connectivity index (χ3n) is 5.24. The monoisotopic (exact) mass is 334 g/mol. The minimum Gasteiger partial charge on any atom is -0.334 e. The van der Waals surface area contributed by atoms with Crippen LogP contribution in [-0.2, 0) is 0 Å². The topological polar surface area (TPSA) is 50.5 Å². The number of imidazole rings is 1. The highest BCUT2D eigenvalue weighted by Gasteiger charge is 2.38. The molecule has 3 aromatic rings. The summed E-state index contributed by atoms with van der Waals surface area (Å²) in [5.41, 5.74) is 3.65. The Balaban J connectivity index is 1.65. The van der Waals surface area contributed by atoms with Crippen LogP contribution < -0.4 is 0 Å². The highest BCUT2D eigenvalue weighted by molar-refractivity contribution is 5.98. The number of likely N-dealkylation sites (tertiary alicyclic amines) is 1. The fourth-order valence-corrected chi connectivity index (χ4v) is 3.95. The molecule has 1 fully saturated rings. The van der Waals surface area contributed by atoms with Crippen LogP contribution in [-0.4, -0.2) is 37.8 Å². The van der Waals surface area contributed by atoms with Crippen LogP contribution in [0, 0.1) is 6.92 Å². The van der Waals surface area contributed by atoms with Crippen LogP contribution >= 0.6 is 0 Å². The third kappa shape index (κ3) is 2.69. The van der Waals surface area contributed by atoms with Crippen molar-refractivity contribution < 1.29 is 4.79 Å². The Hall–Kier alpha value is -2.69. The van der Waals surface area contributed by atoms with Crippen molar-refractivity contribution in [2.24, 2.45) is 0 Å². The quantitative estimate of drug-likeness (QED) is 0.737. The van der Waals surface area contributed by atoms with Gasteiger partial charge in [-0.3, -0.25) is 4.79 Å². The van der Waals surface area contributed by atoms with E-state index in [9.17, 15) is 4.79 Å². The van der Waals surface area contributed by atoms with E-state index in [0.29, 0.717) is 17.3 Å². The summed E-state index contributed by atoms with van der Waals surface area (Å²) in [6.07, 6.45) is 8.94. The second-order valence-corrected chi connectivity index (χ2v) is 6.71. The summed E-state index contributed by atoms with van der Waals surface area (Å²) in [6, 6.07) is 8.90. The highest BCUT2D eigenvalue weighted by Crippen LogP contribution is 2.36. The van der Waals surface area contributed by atoms with Crippen LogP contribution in [0.25, 0.3) is 5.65 Å². The van der Waals surface area contributed by atoms with Crippen LogP contribution in [0.15, 0.2) is 49.1 Å². The Bertz CT molecular complexity index is 899. The van der Waals surface area contributed by atoms with Crippen molar-refractivity contribution in [2.75, 3.05) is 6.54 Å². The molecule has 2 atom stereocenters. The van der Waals surface area contributed by atoms with Gasteiger partial charge in [0.1, 0.15) is 0 Å². The van der Waals surface area contributed by atoms with Crippen LogP contribution in [0.5, 0.6) is 0 Å². The van der Waals surface area contributed by atoms with E-state index in [4.69, 9.17) is 0 Å². The van der Waals surface area contributed by atoms with Gasteiger partial charge < -0.3 is 9.30 Å². The molecule has 5 nitrogen and oxygen atoms in total. The summed E-state index contributed by atoms with van der Waals surface area (Å²) in [6.45, 7) is 5.02. The van der Waals surface area contributed by atoms with Gasteiger partial charge in [-0.1, -0.05) is 36.8 Å². The molecule has 0 spiro atoms. The van der Waals surface area contributed by atoms with Crippen LogP contribution in [0.3, 0.4) is 0 Å². The van der Waals surface area contributed by atoms with Crippen molar-refractivity contribution >= 4 is 11.6 Å². The standard InChI is InChI=1S/C20H22N4O/c1-3-17-16(15-6-4-14(2)5-7-15)8-11-24(17)20(25)18-19-22-10-13-23(19)12-9-21-18/h4-7,9-10,12-13,16-17H,3,8,11H2,1-2H3. The van der Waals surface area contributed by atoms with E-state index in [1.54, 1.807) is 12.4 Å². The summed E-state index contributed by atoms with van der Waals surface area (Å²) in [5.74, 6) is 0.368. The molecule has 4 rings (SSSR count). The molecule has 1 saturated heterocycles. The molecule has 1 aromatic carbocycles. The average molecular weight is 334 g/mol. The first kappa shape index (κ1) is 15.8. The third-order valence-corrected chi connectivity index (χ3v) is 5.24. The summed E-state index contributed by atoms with van der Waals surface area (Å²) >= 11 is 0. The van der Waals surface area contributed by atoms with Crippen molar-refractivity contribution in [2.45, 2.75) is 38.6 Å². The van der Waals surface area contributed by atoms with Gasteiger partial charge in [0.25, 0.3) is 5.91 Å². The Morgan fingerprint density at radius 3 is 2.60 bits per heavy atom. The summed E-state index contributed by atoms with van der Waals surface area (Å²) in [4.78, 5) is 23.8. The summed E-state index contributed by atoms with van der Waals surface area (Å²) < 4.78 is 1.84. The maximum Gasteiger partial charge on any atom is 0.276 e. The van der Waals surface area contributed by atoms with Crippen molar-refractivity contribution in [1.29, 1.82) is 0 Å². The highest BCUT2D eigenvalue weighted by atomic mass is 16.2. The number of aryl methyl sites for hydroxylation is 1. The van der Waals surface area contributed by atoms with Crippen LogP contribution in [0.2, 0.25) is 0 Å². The minimum atomic E-state index is -0.0155. The van der Waals surface area contributed by atoms with Gasteiger partial charge in [0.05, 0.1) is 0 Å². The second kappa shape index (κ2) is 6.31. The molecule has 0 aliphatic carbocycles. The van der Waals surface area contributed by atoms with Gasteiger partial charge in [-0.15, -0.1) is 0 Å². The molecule has 0 bridgehead atoms. The van der Waals surface area contributed by atoms with Gasteiger partial charge in [0.2, 0.25) is 0 Å². The molecule has 25 heavy (non-hydrogen) atoms. The number of fused-ring (bicyclic) bond motifs is 1. The molecule has 3 heterocycles. The lowest BCUT2D eigenvalue weighted by Gasteiger charge is -2.27. The van der Waals surface area contributed by atoms with E-state index in [0.717, 1.165) is 19.4 Å². The molecule has 5 heteroatoms. The zero-order chi connectivity index (χ0) is 17.4. The van der Waals surface area contributed by atoms with Gasteiger partial charge in [0.15, 0.2) is 11.3 Å². The van der Waals surface area contributed by atoms with Gasteiger partial charge >= 0.3 is 0 Å². The van der Waals surface area contributed by atoms with Gasteiger partial charge in [0, 0.05) is 43.3 Å². The second-order valence-electron chi connectivity index (χ2n) is 6.71. The zero-order valence-corrected chi connectivity index (χ0v) is 14.6. The first-order valence-corrected chi connectivity index (χ1v) is 8.84. The normalized spacial score (nSPS) is 20.3. The van der Waals surface area contributed by atoms with E-state index < -0.39 is 0 Å². The fourth-order valence-electron chi connectivity index (χ4n) is 3.95. The number of nitrogens with zero attached hydrogens (tertiary/aromatic N) is 4. The molecule has 1 aliphatic heterocycles. The summed E-state index contributed by atoms with van der Waals surface area (Å²) in [7, 11) is 0. The predicted octanol–water partition coefficient (Wildman–Crippen LogP) is 3.45. The SMILES string of the molecule is CCC1C(c2ccc(C)cc2)CCN1C(=O)c1nccn2ccnc12. The summed E-state index contributed by atoms with van der Waals surface area (Å²) in [5, 5.41) is 0. The van der Waals surface area contributed by atoms with Crippen LogP contribution in [0.1, 0.15) is 47.3 Å². The maximum absolute atomic E-state index is 13.2. The van der Waals surface area contributed by atoms with Gasteiger partial charge in [-0.05, 0) is 25.3 Å². The number of hydrogen-bond acceptors (Lipinski definition) is 3. The van der Waals surface area contributed by atoms with E-state index in [2.05, 4.69) is 48.1 Å². The Morgan fingerprint density at radius 1 is 1.16 bits per heavy atom. The largest absolute Gasteiger partial charge is 0.334 e. The van der Waals surface area contributed by atoms with Gasteiger partial charge in [-0.2, -0.15) is 0 Å². The van der Waals surface area contributed by atoms with E-state index in [-0.39, 0.29) is 11.9 Å². The molecular formula is C20H22N4O. The number of hydrogen-bond donors (Lipinski definition) is 0. The van der Waals surface area contributed by atoms with Gasteiger partial charge in [-0.25, -0.2) is 9.97 Å². The number of carbonyl (C=O) groups excluding carboxylic acids is 1. The van der Waals surface area contributed by atoms with Crippen LogP contribution in [0.4, 0.5) is 0 Å². The van der Waals surface area contributed by atoms with Crippen molar-refractivity contribution in [3.8, 4) is 0 Å². The molecule has 128 valence electrons. The first-order valence-electron chi connectivity index (χ1n) is 8.84. The molecule has 0 saturated carbocycles. The lowest BCUT2D eigenvalue weighted by molar-refractivity contribution is 0.0722. The van der Waals surface area contributed by atoms with E-state index in [1.165, 1.54) is 11.1 Å². The van der Waals surface area contributed by atoms with Crippen molar-refractivity contribution in [3.05, 3.63) is 65.9 Å². The first-order chi connectivity index (χ1) is 12.2. The number of amides is 1. The molecule has 2 unspecified atom stereocenters. The molecule has 0 N–H and O–H groups in total. The number of benzene rings is 1. The zero-order valence-electron chi connectivity index (χ0n) is 14.6. The predicted molar refractivity (Wildman–Crippen MR) is 96.6 cm³/mol. The number of carbonyl (C=O) groups is 1. The molecule has 1 amide bonds. The number of aromatic nitrogens is 3. The molecule has 0 radical (unpaired) electrons. The Labute approximate surface area is 147 Å².